The van der Waals surface area contributed by atoms with E-state index in [9.17, 15) is 4.79 Å². The van der Waals surface area contributed by atoms with Crippen molar-refractivity contribution in [2.24, 2.45) is 0 Å². The minimum absolute atomic E-state index is 0.0413. The Labute approximate surface area is 186 Å². The first-order valence-electron chi connectivity index (χ1n) is 10.8. The summed E-state index contributed by atoms with van der Waals surface area (Å²) in [5, 5.41) is 9.88. The summed E-state index contributed by atoms with van der Waals surface area (Å²) in [6.07, 6.45) is 2.67. The molecule has 0 unspecified atom stereocenters. The van der Waals surface area contributed by atoms with Gasteiger partial charge in [-0.15, -0.1) is 0 Å². The lowest BCUT2D eigenvalue weighted by Gasteiger charge is -2.22. The quantitative estimate of drug-likeness (QED) is 0.486. The number of carbonyl (C=O) groups is 1. The Hall–Kier alpha value is -3.64. The van der Waals surface area contributed by atoms with Gasteiger partial charge in [-0.05, 0) is 40.5 Å². The van der Waals surface area contributed by atoms with E-state index in [1.807, 2.05) is 65.3 Å². The molecule has 4 aromatic rings. The Morgan fingerprint density at radius 2 is 1.88 bits per heavy atom. The molecule has 0 bridgehead atoms. The van der Waals surface area contributed by atoms with Crippen LogP contribution in [0.2, 0.25) is 0 Å². The molecule has 1 aliphatic heterocycles. The van der Waals surface area contributed by atoms with Gasteiger partial charge in [0.25, 0.3) is 5.91 Å². The molecule has 162 valence electrons. The van der Waals surface area contributed by atoms with Crippen molar-refractivity contribution in [1.29, 1.82) is 0 Å². The van der Waals surface area contributed by atoms with Crippen LogP contribution in [0.25, 0.3) is 10.8 Å². The van der Waals surface area contributed by atoms with Gasteiger partial charge < -0.3 is 14.8 Å². The number of fused-ring (bicyclic) bond motifs is 2. The van der Waals surface area contributed by atoms with Gasteiger partial charge in [-0.3, -0.25) is 9.48 Å². The van der Waals surface area contributed by atoms with E-state index in [1.54, 1.807) is 0 Å². The molecule has 3 aromatic carbocycles. The van der Waals surface area contributed by atoms with E-state index in [1.165, 1.54) is 11.1 Å². The molecule has 2 heterocycles. The first kappa shape index (κ1) is 20.3. The summed E-state index contributed by atoms with van der Waals surface area (Å²) >= 11 is 0. The number of hydrogen-bond acceptors (Lipinski definition) is 4. The molecule has 6 nitrogen and oxygen atoms in total. The molecular weight excluding hydrogens is 402 g/mol. The number of ether oxygens (including phenoxy) is 2. The van der Waals surface area contributed by atoms with Crippen LogP contribution in [0.3, 0.4) is 0 Å². The first-order chi connectivity index (χ1) is 15.7. The van der Waals surface area contributed by atoms with Gasteiger partial charge in [0.15, 0.2) is 6.61 Å². The molecule has 5 rings (SSSR count). The number of nitrogens with zero attached hydrogens (tertiary/aromatic N) is 2. The Morgan fingerprint density at radius 1 is 1.06 bits per heavy atom. The number of rotatable bonds is 7. The van der Waals surface area contributed by atoms with E-state index in [2.05, 4.69) is 23.6 Å². The normalized spacial score (nSPS) is 15.3. The molecular formula is C26H25N3O3. The molecule has 0 fully saturated rings. The van der Waals surface area contributed by atoms with Crippen molar-refractivity contribution < 1.29 is 14.3 Å². The minimum Gasteiger partial charge on any atom is -0.484 e. The van der Waals surface area contributed by atoms with Crippen molar-refractivity contribution >= 4 is 16.7 Å². The lowest BCUT2D eigenvalue weighted by molar-refractivity contribution is -0.123. The van der Waals surface area contributed by atoms with Crippen molar-refractivity contribution in [3.63, 3.8) is 0 Å². The van der Waals surface area contributed by atoms with Gasteiger partial charge in [-0.2, -0.15) is 5.10 Å². The Bertz CT molecular complexity index is 1220. The van der Waals surface area contributed by atoms with Crippen molar-refractivity contribution in [3.8, 4) is 5.75 Å². The van der Waals surface area contributed by atoms with E-state index >= 15 is 0 Å². The monoisotopic (exact) mass is 427 g/mol. The fraction of sp³-hybridized carbons (Fsp3) is 0.231. The lowest BCUT2D eigenvalue weighted by atomic mass is 10.1. The summed E-state index contributed by atoms with van der Waals surface area (Å²) < 4.78 is 13.5. The highest BCUT2D eigenvalue weighted by molar-refractivity contribution is 5.84. The van der Waals surface area contributed by atoms with E-state index in [0.29, 0.717) is 25.4 Å². The smallest absolute Gasteiger partial charge is 0.258 e. The fourth-order valence-corrected chi connectivity index (χ4v) is 4.00. The van der Waals surface area contributed by atoms with Gasteiger partial charge in [0, 0.05) is 12.7 Å². The SMILES string of the molecule is O=C(COc1ccc2ccccc2c1)NC[C@H]1OCCc2cn(Cc3ccccc3)nc21. The van der Waals surface area contributed by atoms with Crippen molar-refractivity contribution in [2.75, 3.05) is 19.8 Å². The number of benzene rings is 3. The average molecular weight is 428 g/mol. The van der Waals surface area contributed by atoms with Crippen LogP contribution in [0.1, 0.15) is 22.9 Å². The van der Waals surface area contributed by atoms with E-state index in [-0.39, 0.29) is 18.6 Å². The molecule has 0 radical (unpaired) electrons. The van der Waals surface area contributed by atoms with E-state index < -0.39 is 0 Å². The molecule has 0 saturated carbocycles. The topological polar surface area (TPSA) is 65.4 Å². The standard InChI is InChI=1S/C26H25N3O3/c30-25(18-32-23-11-10-20-8-4-5-9-21(20)14-23)27-15-24-26-22(12-13-31-24)17-29(28-26)16-19-6-2-1-3-7-19/h1-11,14,17,24H,12-13,15-16,18H2,(H,27,30)/t24-/m1/s1. The van der Waals surface area contributed by atoms with Gasteiger partial charge in [0.1, 0.15) is 11.9 Å². The summed E-state index contributed by atoms with van der Waals surface area (Å²) in [6, 6.07) is 24.1. The van der Waals surface area contributed by atoms with Crippen LogP contribution in [0.5, 0.6) is 5.75 Å². The van der Waals surface area contributed by atoms with E-state index in [4.69, 9.17) is 14.6 Å². The molecule has 6 heteroatoms. The maximum atomic E-state index is 12.4. The average Bonchev–Trinajstić information content (AvgIpc) is 3.25. The van der Waals surface area contributed by atoms with Crippen LogP contribution >= 0.6 is 0 Å². The second-order valence-corrected chi connectivity index (χ2v) is 7.93. The Balaban J connectivity index is 1.16. The molecule has 0 saturated heterocycles. The third-order valence-electron chi connectivity index (χ3n) is 5.63. The lowest BCUT2D eigenvalue weighted by Crippen LogP contribution is -2.34. The number of hydrogen-bond donors (Lipinski definition) is 1. The highest BCUT2D eigenvalue weighted by atomic mass is 16.5. The number of aromatic nitrogens is 2. The summed E-state index contributed by atoms with van der Waals surface area (Å²) in [5.74, 6) is 0.493. The van der Waals surface area contributed by atoms with Gasteiger partial charge in [-0.25, -0.2) is 0 Å². The minimum atomic E-state index is -0.250. The Morgan fingerprint density at radius 3 is 2.75 bits per heavy atom. The zero-order valence-corrected chi connectivity index (χ0v) is 17.7. The summed E-state index contributed by atoms with van der Waals surface area (Å²) in [4.78, 5) is 12.4. The molecule has 1 amide bonds. The summed E-state index contributed by atoms with van der Waals surface area (Å²) in [5.41, 5.74) is 3.28. The predicted molar refractivity (Wildman–Crippen MR) is 123 cm³/mol. The van der Waals surface area contributed by atoms with Crippen LogP contribution in [-0.2, 0) is 22.5 Å². The number of carbonyl (C=O) groups excluding carboxylic acids is 1. The first-order valence-corrected chi connectivity index (χ1v) is 10.8. The van der Waals surface area contributed by atoms with Crippen molar-refractivity contribution in [2.45, 2.75) is 19.1 Å². The highest BCUT2D eigenvalue weighted by Crippen LogP contribution is 2.25. The van der Waals surface area contributed by atoms with Crippen molar-refractivity contribution in [1.82, 2.24) is 15.1 Å². The number of nitrogens with one attached hydrogen (secondary N) is 1. The van der Waals surface area contributed by atoms with Crippen LogP contribution in [-0.4, -0.2) is 35.4 Å². The predicted octanol–water partition coefficient (Wildman–Crippen LogP) is 3.89. The fourth-order valence-electron chi connectivity index (χ4n) is 4.00. The second kappa shape index (κ2) is 9.24. The van der Waals surface area contributed by atoms with Gasteiger partial charge >= 0.3 is 0 Å². The maximum absolute atomic E-state index is 12.4. The van der Waals surface area contributed by atoms with Crippen LogP contribution < -0.4 is 10.1 Å². The molecule has 1 aromatic heterocycles. The maximum Gasteiger partial charge on any atom is 0.258 e. The van der Waals surface area contributed by atoms with Gasteiger partial charge in [0.05, 0.1) is 18.8 Å². The third kappa shape index (κ3) is 4.65. The molecule has 1 N–H and O–H groups in total. The molecule has 1 aliphatic rings. The molecule has 0 aliphatic carbocycles. The largest absolute Gasteiger partial charge is 0.484 e. The Kier molecular flexibility index (Phi) is 5.85. The zero-order chi connectivity index (χ0) is 21.8. The van der Waals surface area contributed by atoms with Crippen LogP contribution in [0.4, 0.5) is 0 Å². The van der Waals surface area contributed by atoms with Crippen molar-refractivity contribution in [3.05, 3.63) is 95.8 Å². The molecule has 32 heavy (non-hydrogen) atoms. The third-order valence-corrected chi connectivity index (χ3v) is 5.63. The molecule has 0 spiro atoms. The summed E-state index contributed by atoms with van der Waals surface area (Å²) in [6.45, 7) is 1.67. The molecule has 1 atom stereocenters. The van der Waals surface area contributed by atoms with Gasteiger partial charge in [-0.1, -0.05) is 60.7 Å². The van der Waals surface area contributed by atoms with Gasteiger partial charge in [0.2, 0.25) is 0 Å². The zero-order valence-electron chi connectivity index (χ0n) is 17.7. The highest BCUT2D eigenvalue weighted by Gasteiger charge is 2.25. The van der Waals surface area contributed by atoms with E-state index in [0.717, 1.165) is 22.9 Å². The van der Waals surface area contributed by atoms with Crippen LogP contribution in [0.15, 0.2) is 79.0 Å². The number of amides is 1. The summed E-state index contributed by atoms with van der Waals surface area (Å²) in [7, 11) is 0. The second-order valence-electron chi connectivity index (χ2n) is 7.93. The van der Waals surface area contributed by atoms with Crippen LogP contribution in [0, 0.1) is 0 Å².